The van der Waals surface area contributed by atoms with Gasteiger partial charge in [0, 0.05) is 34.3 Å². The number of aromatic nitrogens is 1. The van der Waals surface area contributed by atoms with Crippen LogP contribution in [0.2, 0.25) is 0 Å². The summed E-state index contributed by atoms with van der Waals surface area (Å²) in [5, 5.41) is 0. The summed E-state index contributed by atoms with van der Waals surface area (Å²) in [6.07, 6.45) is 2.98. The third-order valence-corrected chi connectivity index (χ3v) is 4.22. The van der Waals surface area contributed by atoms with Crippen LogP contribution in [0.3, 0.4) is 0 Å². The Morgan fingerprint density at radius 1 is 1.22 bits per heavy atom. The van der Waals surface area contributed by atoms with Crippen molar-refractivity contribution in [3.8, 4) is 0 Å². The standard InChI is InChI=1S/C15H15BrN2/c1-10-3-4-14(16)13-6-8-18(15(10)13)12-5-7-17-11(2)9-12/h3-5,7,9H,6,8H2,1-2H3. The van der Waals surface area contributed by atoms with Crippen molar-refractivity contribution in [2.75, 3.05) is 11.4 Å². The van der Waals surface area contributed by atoms with E-state index in [0.29, 0.717) is 0 Å². The molecule has 18 heavy (non-hydrogen) atoms. The molecule has 0 radical (unpaired) electrons. The molecule has 0 atom stereocenters. The molecule has 0 saturated carbocycles. The molecule has 2 heterocycles. The maximum absolute atomic E-state index is 4.27. The first-order valence-corrected chi connectivity index (χ1v) is 6.94. The zero-order valence-corrected chi connectivity index (χ0v) is 12.2. The summed E-state index contributed by atoms with van der Waals surface area (Å²) in [6.45, 7) is 5.26. The summed E-state index contributed by atoms with van der Waals surface area (Å²) in [7, 11) is 0. The second-order valence-corrected chi connectivity index (χ2v) is 5.60. The lowest BCUT2D eigenvalue weighted by atomic mass is 10.1. The summed E-state index contributed by atoms with van der Waals surface area (Å²) in [5.41, 5.74) is 6.41. The second-order valence-electron chi connectivity index (χ2n) is 4.75. The lowest BCUT2D eigenvalue weighted by Gasteiger charge is -2.21. The highest BCUT2D eigenvalue weighted by atomic mass is 79.9. The molecule has 0 saturated heterocycles. The van der Waals surface area contributed by atoms with Gasteiger partial charge in [0.15, 0.2) is 0 Å². The number of anilines is 2. The fraction of sp³-hybridized carbons (Fsp3) is 0.267. The van der Waals surface area contributed by atoms with Gasteiger partial charge < -0.3 is 4.90 Å². The summed E-state index contributed by atoms with van der Waals surface area (Å²) in [6, 6.07) is 8.56. The van der Waals surface area contributed by atoms with E-state index in [1.807, 2.05) is 13.1 Å². The number of hydrogen-bond acceptors (Lipinski definition) is 2. The maximum Gasteiger partial charge on any atom is 0.0485 e. The highest BCUT2D eigenvalue weighted by Crippen LogP contribution is 2.40. The Hall–Kier alpha value is -1.35. The van der Waals surface area contributed by atoms with Gasteiger partial charge in [-0.05, 0) is 49.6 Å². The molecule has 2 aromatic rings. The van der Waals surface area contributed by atoms with Crippen molar-refractivity contribution < 1.29 is 0 Å². The zero-order chi connectivity index (χ0) is 12.7. The lowest BCUT2D eigenvalue weighted by molar-refractivity contribution is 0.989. The highest BCUT2D eigenvalue weighted by Gasteiger charge is 2.24. The Morgan fingerprint density at radius 2 is 2.06 bits per heavy atom. The molecule has 0 aliphatic carbocycles. The first-order valence-electron chi connectivity index (χ1n) is 6.15. The zero-order valence-electron chi connectivity index (χ0n) is 10.6. The first-order chi connectivity index (χ1) is 8.66. The lowest BCUT2D eigenvalue weighted by Crippen LogP contribution is -2.14. The van der Waals surface area contributed by atoms with E-state index < -0.39 is 0 Å². The minimum atomic E-state index is 1.04. The molecule has 0 bridgehead atoms. The molecule has 2 nitrogen and oxygen atoms in total. The van der Waals surface area contributed by atoms with Gasteiger partial charge >= 0.3 is 0 Å². The SMILES string of the molecule is Cc1cc(N2CCc3c(Br)ccc(C)c32)ccn1. The number of fused-ring (bicyclic) bond motifs is 1. The predicted octanol–water partition coefficient (Wildman–Crippen LogP) is 4.16. The second kappa shape index (κ2) is 4.39. The van der Waals surface area contributed by atoms with Gasteiger partial charge in [0.1, 0.15) is 0 Å². The van der Waals surface area contributed by atoms with E-state index >= 15 is 0 Å². The topological polar surface area (TPSA) is 16.1 Å². The maximum atomic E-state index is 4.27. The van der Waals surface area contributed by atoms with Crippen molar-refractivity contribution in [3.05, 3.63) is 51.8 Å². The Morgan fingerprint density at radius 3 is 2.83 bits per heavy atom. The predicted molar refractivity (Wildman–Crippen MR) is 78.6 cm³/mol. The number of aryl methyl sites for hydroxylation is 2. The van der Waals surface area contributed by atoms with Crippen LogP contribution < -0.4 is 4.90 Å². The molecule has 0 unspecified atom stereocenters. The van der Waals surface area contributed by atoms with Gasteiger partial charge in [-0.25, -0.2) is 0 Å². The van der Waals surface area contributed by atoms with E-state index in [1.54, 1.807) is 0 Å². The molecule has 3 heteroatoms. The fourth-order valence-corrected chi connectivity index (χ4v) is 3.15. The number of nitrogens with zero attached hydrogens (tertiary/aromatic N) is 2. The van der Waals surface area contributed by atoms with Crippen LogP contribution in [0, 0.1) is 13.8 Å². The molecule has 1 aromatic carbocycles. The van der Waals surface area contributed by atoms with Crippen molar-refractivity contribution in [1.29, 1.82) is 0 Å². The minimum Gasteiger partial charge on any atom is -0.341 e. The summed E-state index contributed by atoms with van der Waals surface area (Å²) >= 11 is 3.66. The molecular weight excluding hydrogens is 288 g/mol. The van der Waals surface area contributed by atoms with Gasteiger partial charge in [0.05, 0.1) is 0 Å². The largest absolute Gasteiger partial charge is 0.341 e. The van der Waals surface area contributed by atoms with Crippen LogP contribution in [0.25, 0.3) is 0 Å². The molecule has 1 aromatic heterocycles. The van der Waals surface area contributed by atoms with Crippen LogP contribution >= 0.6 is 15.9 Å². The van der Waals surface area contributed by atoms with Crippen LogP contribution in [-0.2, 0) is 6.42 Å². The molecule has 1 aliphatic rings. The minimum absolute atomic E-state index is 1.04. The van der Waals surface area contributed by atoms with Crippen LogP contribution in [0.1, 0.15) is 16.8 Å². The molecule has 0 amide bonds. The fourth-order valence-electron chi connectivity index (χ4n) is 2.63. The van der Waals surface area contributed by atoms with E-state index in [1.165, 1.54) is 27.0 Å². The summed E-state index contributed by atoms with van der Waals surface area (Å²) < 4.78 is 1.22. The Kier molecular flexibility index (Phi) is 2.86. The summed E-state index contributed by atoms with van der Waals surface area (Å²) in [5.74, 6) is 0. The van der Waals surface area contributed by atoms with Gasteiger partial charge in [0.25, 0.3) is 0 Å². The van der Waals surface area contributed by atoms with E-state index in [9.17, 15) is 0 Å². The monoisotopic (exact) mass is 302 g/mol. The van der Waals surface area contributed by atoms with Crippen molar-refractivity contribution in [2.45, 2.75) is 20.3 Å². The van der Waals surface area contributed by atoms with Crippen molar-refractivity contribution in [2.24, 2.45) is 0 Å². The van der Waals surface area contributed by atoms with E-state index in [0.717, 1.165) is 18.7 Å². The first kappa shape index (κ1) is 11.7. The van der Waals surface area contributed by atoms with Crippen molar-refractivity contribution in [3.63, 3.8) is 0 Å². The van der Waals surface area contributed by atoms with Gasteiger partial charge in [-0.2, -0.15) is 0 Å². The molecular formula is C15H15BrN2. The summed E-state index contributed by atoms with van der Waals surface area (Å²) in [4.78, 5) is 6.66. The molecule has 0 fully saturated rings. The van der Waals surface area contributed by atoms with E-state index in [-0.39, 0.29) is 0 Å². The van der Waals surface area contributed by atoms with E-state index in [4.69, 9.17) is 0 Å². The van der Waals surface area contributed by atoms with Gasteiger partial charge in [0.2, 0.25) is 0 Å². The molecule has 1 aliphatic heterocycles. The number of hydrogen-bond donors (Lipinski definition) is 0. The third-order valence-electron chi connectivity index (χ3n) is 3.47. The number of benzene rings is 1. The average molecular weight is 303 g/mol. The van der Waals surface area contributed by atoms with Crippen LogP contribution in [0.5, 0.6) is 0 Å². The molecule has 0 N–H and O–H groups in total. The van der Waals surface area contributed by atoms with E-state index in [2.05, 4.69) is 57.0 Å². The highest BCUT2D eigenvalue weighted by molar-refractivity contribution is 9.10. The van der Waals surface area contributed by atoms with Gasteiger partial charge in [-0.3, -0.25) is 4.98 Å². The third kappa shape index (κ3) is 1.83. The molecule has 3 rings (SSSR count). The smallest absolute Gasteiger partial charge is 0.0485 e. The number of pyridine rings is 1. The van der Waals surface area contributed by atoms with Crippen LogP contribution in [0.15, 0.2) is 34.9 Å². The van der Waals surface area contributed by atoms with Crippen LogP contribution in [0.4, 0.5) is 11.4 Å². The van der Waals surface area contributed by atoms with Crippen LogP contribution in [-0.4, -0.2) is 11.5 Å². The molecule has 0 spiro atoms. The average Bonchev–Trinajstić information content (AvgIpc) is 2.80. The Balaban J connectivity index is 2.13. The van der Waals surface area contributed by atoms with Crippen molar-refractivity contribution >= 4 is 27.3 Å². The van der Waals surface area contributed by atoms with Gasteiger partial charge in [-0.15, -0.1) is 0 Å². The normalized spacial score (nSPS) is 13.8. The quantitative estimate of drug-likeness (QED) is 0.786. The Labute approximate surface area is 116 Å². The number of rotatable bonds is 1. The van der Waals surface area contributed by atoms with Crippen molar-refractivity contribution in [1.82, 2.24) is 4.98 Å². The molecule has 92 valence electrons. The van der Waals surface area contributed by atoms with Gasteiger partial charge in [-0.1, -0.05) is 22.0 Å². The Bertz CT molecular complexity index is 607. The number of halogens is 1.